The molecule has 1 saturated heterocycles. The predicted molar refractivity (Wildman–Crippen MR) is 104 cm³/mol. The molecule has 5 rings (SSSR count). The van der Waals surface area contributed by atoms with E-state index in [0.717, 1.165) is 32.7 Å². The highest BCUT2D eigenvalue weighted by Crippen LogP contribution is 2.47. The summed E-state index contributed by atoms with van der Waals surface area (Å²) in [6.45, 7) is 5.11. The highest BCUT2D eigenvalue weighted by Gasteiger charge is 2.21. The molecule has 0 spiro atoms. The zero-order valence-electron chi connectivity index (χ0n) is 14.5. The first-order valence-corrected chi connectivity index (χ1v) is 9.36. The number of hydrogen-bond acceptors (Lipinski definition) is 2. The standard InChI is InChI=1S/C23H23NO/c1-2-7-20-19(6-1)21-9-3-8-18-17(10-11-22(20)23(18)21)5-4-12-24-13-15-25-16-14-24/h1-3,6-11H,4-5,12-16H2. The van der Waals surface area contributed by atoms with E-state index in [-0.39, 0.29) is 0 Å². The van der Waals surface area contributed by atoms with E-state index < -0.39 is 0 Å². The fraction of sp³-hybridized carbons (Fsp3) is 0.304. The average Bonchev–Trinajstić information content (AvgIpc) is 3.00. The SMILES string of the molecule is c1ccc2c(c1)-c1cccc3c(CCCN4CCOCC4)ccc-2c13. The summed E-state index contributed by atoms with van der Waals surface area (Å²) in [4.78, 5) is 2.53. The molecule has 1 aliphatic carbocycles. The molecule has 3 aromatic rings. The van der Waals surface area contributed by atoms with E-state index in [1.54, 1.807) is 0 Å². The van der Waals surface area contributed by atoms with Gasteiger partial charge in [-0.05, 0) is 58.0 Å². The van der Waals surface area contributed by atoms with Gasteiger partial charge in [-0.3, -0.25) is 4.90 Å². The van der Waals surface area contributed by atoms with Crippen molar-refractivity contribution in [1.29, 1.82) is 0 Å². The van der Waals surface area contributed by atoms with Crippen molar-refractivity contribution in [1.82, 2.24) is 4.90 Å². The van der Waals surface area contributed by atoms with Crippen LogP contribution < -0.4 is 0 Å². The topological polar surface area (TPSA) is 12.5 Å². The lowest BCUT2D eigenvalue weighted by molar-refractivity contribution is 0.0375. The minimum atomic E-state index is 0.888. The lowest BCUT2D eigenvalue weighted by atomic mass is 9.96. The fourth-order valence-electron chi connectivity index (χ4n) is 4.40. The van der Waals surface area contributed by atoms with Crippen LogP contribution in [0, 0.1) is 0 Å². The van der Waals surface area contributed by atoms with E-state index in [1.165, 1.54) is 51.6 Å². The number of morpholine rings is 1. The summed E-state index contributed by atoms with van der Waals surface area (Å²) in [6, 6.07) is 20.3. The summed E-state index contributed by atoms with van der Waals surface area (Å²) >= 11 is 0. The zero-order valence-corrected chi connectivity index (χ0v) is 14.5. The first kappa shape index (κ1) is 15.1. The maximum atomic E-state index is 5.44. The molecule has 25 heavy (non-hydrogen) atoms. The van der Waals surface area contributed by atoms with Gasteiger partial charge in [-0.1, -0.05) is 54.6 Å². The van der Waals surface area contributed by atoms with Crippen molar-refractivity contribution < 1.29 is 4.74 Å². The maximum absolute atomic E-state index is 5.44. The highest BCUT2D eigenvalue weighted by molar-refractivity contribution is 6.15. The van der Waals surface area contributed by atoms with E-state index in [2.05, 4.69) is 59.5 Å². The van der Waals surface area contributed by atoms with Crippen LogP contribution in [0.5, 0.6) is 0 Å². The molecule has 2 nitrogen and oxygen atoms in total. The maximum Gasteiger partial charge on any atom is 0.0594 e. The van der Waals surface area contributed by atoms with Gasteiger partial charge in [0.2, 0.25) is 0 Å². The number of benzene rings is 3. The molecule has 0 unspecified atom stereocenters. The third-order valence-corrected chi connectivity index (χ3v) is 5.66. The molecule has 0 bridgehead atoms. The van der Waals surface area contributed by atoms with Crippen molar-refractivity contribution >= 4 is 10.8 Å². The van der Waals surface area contributed by atoms with Gasteiger partial charge in [0.05, 0.1) is 13.2 Å². The van der Waals surface area contributed by atoms with Gasteiger partial charge >= 0.3 is 0 Å². The molecular weight excluding hydrogens is 306 g/mol. The number of ether oxygens (including phenoxy) is 1. The van der Waals surface area contributed by atoms with Gasteiger partial charge in [0.15, 0.2) is 0 Å². The fourth-order valence-corrected chi connectivity index (χ4v) is 4.40. The molecular formula is C23H23NO. The molecule has 1 fully saturated rings. The highest BCUT2D eigenvalue weighted by atomic mass is 16.5. The second-order valence-corrected chi connectivity index (χ2v) is 7.10. The number of hydrogen-bond donors (Lipinski definition) is 0. The van der Waals surface area contributed by atoms with Crippen LogP contribution in [0.4, 0.5) is 0 Å². The first-order chi connectivity index (χ1) is 12.4. The largest absolute Gasteiger partial charge is 0.379 e. The molecule has 0 radical (unpaired) electrons. The molecule has 126 valence electrons. The van der Waals surface area contributed by atoms with Crippen molar-refractivity contribution in [2.45, 2.75) is 12.8 Å². The second-order valence-electron chi connectivity index (χ2n) is 7.10. The van der Waals surface area contributed by atoms with Crippen molar-refractivity contribution in [2.24, 2.45) is 0 Å². The van der Waals surface area contributed by atoms with Crippen molar-refractivity contribution in [3.8, 4) is 22.3 Å². The summed E-state index contributed by atoms with van der Waals surface area (Å²) in [7, 11) is 0. The summed E-state index contributed by atoms with van der Waals surface area (Å²) in [5.74, 6) is 0. The molecule has 3 aromatic carbocycles. The van der Waals surface area contributed by atoms with Crippen LogP contribution in [0.2, 0.25) is 0 Å². The minimum absolute atomic E-state index is 0.888. The van der Waals surface area contributed by atoms with Crippen LogP contribution in [-0.2, 0) is 11.2 Å². The predicted octanol–water partition coefficient (Wildman–Crippen LogP) is 4.75. The molecule has 2 aliphatic rings. The summed E-state index contributed by atoms with van der Waals surface area (Å²) in [5.41, 5.74) is 7.06. The molecule has 0 atom stereocenters. The Hall–Kier alpha value is -2.16. The van der Waals surface area contributed by atoms with Gasteiger partial charge in [-0.25, -0.2) is 0 Å². The Morgan fingerprint density at radius 1 is 0.760 bits per heavy atom. The van der Waals surface area contributed by atoms with Crippen LogP contribution in [0.15, 0.2) is 54.6 Å². The Bertz CT molecular complexity index is 895. The van der Waals surface area contributed by atoms with Gasteiger partial charge in [0.1, 0.15) is 0 Å². The number of rotatable bonds is 4. The molecule has 0 saturated carbocycles. The Morgan fingerprint density at radius 3 is 2.28 bits per heavy atom. The lowest BCUT2D eigenvalue weighted by Crippen LogP contribution is -2.36. The van der Waals surface area contributed by atoms with Gasteiger partial charge in [-0.2, -0.15) is 0 Å². The van der Waals surface area contributed by atoms with Crippen LogP contribution >= 0.6 is 0 Å². The lowest BCUT2D eigenvalue weighted by Gasteiger charge is -2.26. The van der Waals surface area contributed by atoms with E-state index in [0.29, 0.717) is 0 Å². The van der Waals surface area contributed by atoms with E-state index >= 15 is 0 Å². The summed E-state index contributed by atoms with van der Waals surface area (Å²) < 4.78 is 5.44. The van der Waals surface area contributed by atoms with Crippen LogP contribution in [0.3, 0.4) is 0 Å². The van der Waals surface area contributed by atoms with Crippen LogP contribution in [0.1, 0.15) is 12.0 Å². The normalized spacial score (nSPS) is 16.3. The first-order valence-electron chi connectivity index (χ1n) is 9.36. The smallest absolute Gasteiger partial charge is 0.0594 e. The van der Waals surface area contributed by atoms with Crippen molar-refractivity contribution in [2.75, 3.05) is 32.8 Å². The van der Waals surface area contributed by atoms with Crippen LogP contribution in [-0.4, -0.2) is 37.7 Å². The zero-order chi connectivity index (χ0) is 16.6. The Morgan fingerprint density at radius 2 is 1.48 bits per heavy atom. The second kappa shape index (κ2) is 6.29. The van der Waals surface area contributed by atoms with Gasteiger partial charge in [0, 0.05) is 13.1 Å². The molecule has 0 aromatic heterocycles. The molecule has 1 aliphatic heterocycles. The van der Waals surface area contributed by atoms with E-state index in [4.69, 9.17) is 4.74 Å². The van der Waals surface area contributed by atoms with Gasteiger partial charge in [0.25, 0.3) is 0 Å². The Balaban J connectivity index is 1.45. The van der Waals surface area contributed by atoms with Crippen molar-refractivity contribution in [3.63, 3.8) is 0 Å². The van der Waals surface area contributed by atoms with Crippen molar-refractivity contribution in [3.05, 3.63) is 60.2 Å². The summed E-state index contributed by atoms with van der Waals surface area (Å²) in [6.07, 6.45) is 2.36. The Kier molecular flexibility index (Phi) is 3.80. The van der Waals surface area contributed by atoms with E-state index in [9.17, 15) is 0 Å². The molecule has 0 amide bonds. The molecule has 2 heteroatoms. The number of fused-ring (bicyclic) bond motifs is 3. The average molecular weight is 329 g/mol. The van der Waals surface area contributed by atoms with Gasteiger partial charge < -0.3 is 4.74 Å². The third kappa shape index (κ3) is 2.57. The van der Waals surface area contributed by atoms with Gasteiger partial charge in [-0.15, -0.1) is 0 Å². The monoisotopic (exact) mass is 329 g/mol. The summed E-state index contributed by atoms with van der Waals surface area (Å²) in [5, 5.41) is 2.89. The minimum Gasteiger partial charge on any atom is -0.379 e. The molecule has 1 heterocycles. The molecule has 0 N–H and O–H groups in total. The Labute approximate surface area is 149 Å². The van der Waals surface area contributed by atoms with Crippen LogP contribution in [0.25, 0.3) is 33.0 Å². The third-order valence-electron chi connectivity index (χ3n) is 5.66. The quantitative estimate of drug-likeness (QED) is 0.535. The number of nitrogens with zero attached hydrogens (tertiary/aromatic N) is 1. The number of aryl methyl sites for hydroxylation is 1. The van der Waals surface area contributed by atoms with E-state index in [1.807, 2.05) is 0 Å².